The molecule has 2 rings (SSSR count). The van der Waals surface area contributed by atoms with Gasteiger partial charge in [0.2, 0.25) is 5.91 Å². The molecule has 3 atom stereocenters. The number of carbonyl (C=O) groups excluding carboxylic acids is 1. The van der Waals surface area contributed by atoms with Crippen molar-refractivity contribution in [2.45, 2.75) is 39.2 Å². The Labute approximate surface area is 98.6 Å². The quantitative estimate of drug-likeness (QED) is 0.787. The van der Waals surface area contributed by atoms with Gasteiger partial charge in [-0.05, 0) is 37.6 Å². The number of rotatable bonds is 3. The van der Waals surface area contributed by atoms with Crippen molar-refractivity contribution in [1.29, 1.82) is 0 Å². The van der Waals surface area contributed by atoms with E-state index in [0.717, 1.165) is 25.9 Å². The lowest BCUT2D eigenvalue weighted by molar-refractivity contribution is -0.134. The first-order valence-corrected chi connectivity index (χ1v) is 6.58. The first-order valence-electron chi connectivity index (χ1n) is 6.58. The van der Waals surface area contributed by atoms with E-state index in [9.17, 15) is 4.79 Å². The maximum Gasteiger partial charge on any atom is 0.226 e. The molecule has 1 N–H and O–H groups in total. The summed E-state index contributed by atoms with van der Waals surface area (Å²) in [5.74, 6) is 2.01. The average molecular weight is 224 g/mol. The smallest absolute Gasteiger partial charge is 0.226 e. The number of amides is 1. The summed E-state index contributed by atoms with van der Waals surface area (Å²) in [5, 5.41) is 3.37. The van der Waals surface area contributed by atoms with Gasteiger partial charge in [-0.25, -0.2) is 0 Å². The van der Waals surface area contributed by atoms with Crippen LogP contribution in [0.1, 0.15) is 33.1 Å². The summed E-state index contributed by atoms with van der Waals surface area (Å²) < 4.78 is 0. The third kappa shape index (κ3) is 2.40. The third-order valence-electron chi connectivity index (χ3n) is 4.18. The van der Waals surface area contributed by atoms with Crippen molar-refractivity contribution in [2.75, 3.05) is 20.1 Å². The second-order valence-corrected chi connectivity index (χ2v) is 5.70. The molecule has 0 radical (unpaired) electrons. The molecule has 2 fully saturated rings. The van der Waals surface area contributed by atoms with Crippen molar-refractivity contribution in [3.05, 3.63) is 0 Å². The molecular formula is C13H24N2O. The van der Waals surface area contributed by atoms with Crippen LogP contribution in [0.25, 0.3) is 0 Å². The summed E-state index contributed by atoms with van der Waals surface area (Å²) in [7, 11) is 1.98. The second-order valence-electron chi connectivity index (χ2n) is 5.70. The molecule has 0 aromatic rings. The molecule has 1 aliphatic carbocycles. The van der Waals surface area contributed by atoms with E-state index in [1.165, 1.54) is 6.42 Å². The molecule has 1 saturated heterocycles. The highest BCUT2D eigenvalue weighted by Gasteiger charge is 2.46. The van der Waals surface area contributed by atoms with E-state index in [1.807, 2.05) is 11.9 Å². The Morgan fingerprint density at radius 1 is 1.44 bits per heavy atom. The van der Waals surface area contributed by atoms with E-state index < -0.39 is 0 Å². The Morgan fingerprint density at radius 3 is 2.69 bits per heavy atom. The number of hydrogen-bond acceptors (Lipinski definition) is 2. The van der Waals surface area contributed by atoms with Crippen LogP contribution in [0.2, 0.25) is 0 Å². The van der Waals surface area contributed by atoms with Gasteiger partial charge in [0.25, 0.3) is 0 Å². The van der Waals surface area contributed by atoms with Crippen LogP contribution in [-0.4, -0.2) is 37.0 Å². The molecule has 1 aliphatic heterocycles. The predicted molar refractivity (Wildman–Crippen MR) is 65.1 cm³/mol. The Balaban J connectivity index is 1.85. The minimum absolute atomic E-state index is 0.326. The van der Waals surface area contributed by atoms with E-state index in [2.05, 4.69) is 19.2 Å². The summed E-state index contributed by atoms with van der Waals surface area (Å²) in [4.78, 5) is 14.2. The largest absolute Gasteiger partial charge is 0.341 e. The molecule has 3 heteroatoms. The van der Waals surface area contributed by atoms with Gasteiger partial charge in [-0.3, -0.25) is 4.79 Å². The summed E-state index contributed by atoms with van der Waals surface area (Å²) in [6.45, 7) is 6.53. The minimum atomic E-state index is 0.326. The van der Waals surface area contributed by atoms with Gasteiger partial charge in [0.05, 0.1) is 0 Å². The highest BCUT2D eigenvalue weighted by molar-refractivity contribution is 5.81. The lowest BCUT2D eigenvalue weighted by atomic mass is 10.0. The average Bonchev–Trinajstić information content (AvgIpc) is 3.08. The molecule has 2 aliphatic rings. The molecule has 0 spiro atoms. The van der Waals surface area contributed by atoms with Crippen LogP contribution in [0.4, 0.5) is 0 Å². The zero-order chi connectivity index (χ0) is 11.7. The molecule has 0 bridgehead atoms. The van der Waals surface area contributed by atoms with E-state index in [4.69, 9.17) is 0 Å². The van der Waals surface area contributed by atoms with Gasteiger partial charge in [0.1, 0.15) is 0 Å². The van der Waals surface area contributed by atoms with Gasteiger partial charge < -0.3 is 10.2 Å². The molecule has 92 valence electrons. The van der Waals surface area contributed by atoms with Crippen LogP contribution in [0, 0.1) is 17.8 Å². The third-order valence-corrected chi connectivity index (χ3v) is 4.18. The molecule has 16 heavy (non-hydrogen) atoms. The highest BCUT2D eigenvalue weighted by atomic mass is 16.2. The normalized spacial score (nSPS) is 33.9. The van der Waals surface area contributed by atoms with Gasteiger partial charge in [-0.1, -0.05) is 13.8 Å². The summed E-state index contributed by atoms with van der Waals surface area (Å²) in [6, 6.07) is 0.426. The fourth-order valence-corrected chi connectivity index (χ4v) is 2.84. The Morgan fingerprint density at radius 2 is 2.19 bits per heavy atom. The second kappa shape index (κ2) is 4.74. The van der Waals surface area contributed by atoms with Crippen molar-refractivity contribution in [2.24, 2.45) is 17.8 Å². The summed E-state index contributed by atoms with van der Waals surface area (Å²) in [5.41, 5.74) is 0. The molecule has 1 amide bonds. The van der Waals surface area contributed by atoms with Crippen LogP contribution < -0.4 is 5.32 Å². The van der Waals surface area contributed by atoms with Crippen LogP contribution in [-0.2, 0) is 4.79 Å². The SMILES string of the molecule is CC(C)[C@@H]1C[C@H]1C(=O)N(C)[C@H]1CCCNC1. The first kappa shape index (κ1) is 11.9. The van der Waals surface area contributed by atoms with Crippen molar-refractivity contribution in [3.8, 4) is 0 Å². The van der Waals surface area contributed by atoms with Gasteiger partial charge in [0, 0.05) is 25.6 Å². The molecular weight excluding hydrogens is 200 g/mol. The van der Waals surface area contributed by atoms with Crippen LogP contribution in [0.3, 0.4) is 0 Å². The van der Waals surface area contributed by atoms with Crippen LogP contribution in [0.15, 0.2) is 0 Å². The van der Waals surface area contributed by atoms with Gasteiger partial charge in [0.15, 0.2) is 0 Å². The maximum absolute atomic E-state index is 12.2. The number of piperidine rings is 1. The molecule has 3 nitrogen and oxygen atoms in total. The van der Waals surface area contributed by atoms with Gasteiger partial charge in [-0.2, -0.15) is 0 Å². The Kier molecular flexibility index (Phi) is 3.53. The Hall–Kier alpha value is -0.570. The number of likely N-dealkylation sites (N-methyl/N-ethyl adjacent to an activating group) is 1. The van der Waals surface area contributed by atoms with Crippen molar-refractivity contribution in [3.63, 3.8) is 0 Å². The number of nitrogens with zero attached hydrogens (tertiary/aromatic N) is 1. The van der Waals surface area contributed by atoms with Crippen molar-refractivity contribution in [1.82, 2.24) is 10.2 Å². The van der Waals surface area contributed by atoms with Gasteiger partial charge in [-0.15, -0.1) is 0 Å². The predicted octanol–water partition coefficient (Wildman–Crippen LogP) is 1.49. The molecule has 1 saturated carbocycles. The van der Waals surface area contributed by atoms with E-state index in [-0.39, 0.29) is 0 Å². The fraction of sp³-hybridized carbons (Fsp3) is 0.923. The van der Waals surface area contributed by atoms with Crippen molar-refractivity contribution < 1.29 is 4.79 Å². The highest BCUT2D eigenvalue weighted by Crippen LogP contribution is 2.45. The van der Waals surface area contributed by atoms with Crippen LogP contribution >= 0.6 is 0 Å². The molecule has 1 heterocycles. The molecule has 0 unspecified atom stereocenters. The standard InChI is InChI=1S/C13H24N2O/c1-9(2)11-7-12(11)13(16)15(3)10-5-4-6-14-8-10/h9-12,14H,4-8H2,1-3H3/t10-,11-,12+/m0/s1. The minimum Gasteiger partial charge on any atom is -0.341 e. The summed E-state index contributed by atoms with van der Waals surface area (Å²) >= 11 is 0. The fourth-order valence-electron chi connectivity index (χ4n) is 2.84. The van der Waals surface area contributed by atoms with Crippen LogP contribution in [0.5, 0.6) is 0 Å². The molecule has 0 aromatic heterocycles. The lowest BCUT2D eigenvalue weighted by Crippen LogP contribution is -2.47. The number of nitrogens with one attached hydrogen (secondary N) is 1. The van der Waals surface area contributed by atoms with E-state index >= 15 is 0 Å². The van der Waals surface area contributed by atoms with Gasteiger partial charge >= 0.3 is 0 Å². The maximum atomic E-state index is 12.2. The topological polar surface area (TPSA) is 32.3 Å². The number of carbonyl (C=O) groups is 1. The zero-order valence-corrected chi connectivity index (χ0v) is 10.7. The molecule has 0 aromatic carbocycles. The van der Waals surface area contributed by atoms with E-state index in [1.54, 1.807) is 0 Å². The monoisotopic (exact) mass is 224 g/mol. The first-order chi connectivity index (χ1) is 7.61. The zero-order valence-electron chi connectivity index (χ0n) is 10.7. The van der Waals surface area contributed by atoms with Crippen molar-refractivity contribution >= 4 is 5.91 Å². The summed E-state index contributed by atoms with van der Waals surface area (Å²) in [6.07, 6.45) is 3.47. The lowest BCUT2D eigenvalue weighted by Gasteiger charge is -2.32. The van der Waals surface area contributed by atoms with E-state index in [0.29, 0.717) is 29.7 Å². The number of hydrogen-bond donors (Lipinski definition) is 1. The Bertz CT molecular complexity index is 259.